The number of hydrogen-bond acceptors (Lipinski definition) is 2. The molecule has 0 aromatic carbocycles. The molecule has 3 atom stereocenters. The summed E-state index contributed by atoms with van der Waals surface area (Å²) in [5.74, 6) is 0.648. The van der Waals surface area contributed by atoms with Crippen molar-refractivity contribution in [3.63, 3.8) is 0 Å². The van der Waals surface area contributed by atoms with Crippen LogP contribution in [0.5, 0.6) is 0 Å². The van der Waals surface area contributed by atoms with Crippen LogP contribution in [0.3, 0.4) is 0 Å². The summed E-state index contributed by atoms with van der Waals surface area (Å²) in [6.45, 7) is 2.22. The highest BCUT2D eigenvalue weighted by Gasteiger charge is 2.30. The smallest absolute Gasteiger partial charge is 0.0593 e. The van der Waals surface area contributed by atoms with Crippen molar-refractivity contribution >= 4 is 0 Å². The lowest BCUT2D eigenvalue weighted by atomic mass is 9.98. The van der Waals surface area contributed by atoms with Crippen molar-refractivity contribution in [1.82, 2.24) is 0 Å². The van der Waals surface area contributed by atoms with Gasteiger partial charge in [-0.3, -0.25) is 0 Å². The van der Waals surface area contributed by atoms with Gasteiger partial charge in [0.15, 0.2) is 0 Å². The average Bonchev–Trinajstić information content (AvgIpc) is 2.12. The van der Waals surface area contributed by atoms with E-state index in [0.717, 1.165) is 12.8 Å². The van der Waals surface area contributed by atoms with E-state index >= 15 is 0 Å². The van der Waals surface area contributed by atoms with Gasteiger partial charge < -0.3 is 10.2 Å². The molecule has 0 aromatic rings. The monoisotopic (exact) mass is 130 g/mol. The van der Waals surface area contributed by atoms with Crippen molar-refractivity contribution in [2.75, 3.05) is 6.61 Å². The second-order valence-corrected chi connectivity index (χ2v) is 2.97. The molecule has 0 spiro atoms. The van der Waals surface area contributed by atoms with Gasteiger partial charge in [0.2, 0.25) is 0 Å². The van der Waals surface area contributed by atoms with Gasteiger partial charge in [-0.2, -0.15) is 0 Å². The zero-order valence-corrected chi connectivity index (χ0v) is 5.75. The second kappa shape index (κ2) is 2.67. The molecular weight excluding hydrogens is 116 g/mol. The Morgan fingerprint density at radius 2 is 2.11 bits per heavy atom. The van der Waals surface area contributed by atoms with Gasteiger partial charge in [-0.25, -0.2) is 0 Å². The number of hydrogen-bond donors (Lipinski definition) is 2. The van der Waals surface area contributed by atoms with Crippen molar-refractivity contribution in [3.05, 3.63) is 0 Å². The first-order valence-corrected chi connectivity index (χ1v) is 3.54. The Bertz CT molecular complexity index is 82.9. The van der Waals surface area contributed by atoms with Gasteiger partial charge in [-0.05, 0) is 18.8 Å². The second-order valence-electron chi connectivity index (χ2n) is 2.97. The Morgan fingerprint density at radius 1 is 1.44 bits per heavy atom. The minimum Gasteiger partial charge on any atom is -0.396 e. The van der Waals surface area contributed by atoms with Crippen molar-refractivity contribution in [3.8, 4) is 0 Å². The lowest BCUT2D eigenvalue weighted by molar-refractivity contribution is 0.0755. The van der Waals surface area contributed by atoms with E-state index in [9.17, 15) is 5.11 Å². The third kappa shape index (κ3) is 1.25. The molecule has 2 heteroatoms. The minimum atomic E-state index is -0.245. The summed E-state index contributed by atoms with van der Waals surface area (Å²) in [7, 11) is 0. The zero-order chi connectivity index (χ0) is 6.85. The molecule has 1 saturated carbocycles. The van der Waals surface area contributed by atoms with Gasteiger partial charge in [-0.1, -0.05) is 6.92 Å². The molecule has 1 rings (SSSR count). The van der Waals surface area contributed by atoms with E-state index in [2.05, 4.69) is 6.92 Å². The average molecular weight is 130 g/mol. The van der Waals surface area contributed by atoms with Crippen LogP contribution < -0.4 is 0 Å². The lowest BCUT2D eigenvalue weighted by Gasteiger charge is -2.14. The maximum atomic E-state index is 9.20. The molecule has 0 bridgehead atoms. The predicted molar refractivity (Wildman–Crippen MR) is 35.0 cm³/mol. The molecule has 54 valence electrons. The van der Waals surface area contributed by atoms with Crippen LogP contribution in [-0.4, -0.2) is 22.9 Å². The van der Waals surface area contributed by atoms with Crippen molar-refractivity contribution in [1.29, 1.82) is 0 Å². The first kappa shape index (κ1) is 7.03. The first-order chi connectivity index (χ1) is 4.25. The predicted octanol–water partition coefficient (Wildman–Crippen LogP) is 0.386. The molecule has 0 radical (unpaired) electrons. The summed E-state index contributed by atoms with van der Waals surface area (Å²) in [6.07, 6.45) is 1.68. The normalized spacial score (nSPS) is 43.7. The minimum absolute atomic E-state index is 0.141. The Hall–Kier alpha value is -0.0800. The van der Waals surface area contributed by atoms with E-state index in [0.29, 0.717) is 5.92 Å². The van der Waals surface area contributed by atoms with Crippen LogP contribution >= 0.6 is 0 Å². The highest BCUT2D eigenvalue weighted by atomic mass is 16.3. The summed E-state index contributed by atoms with van der Waals surface area (Å²) in [4.78, 5) is 0. The van der Waals surface area contributed by atoms with Crippen LogP contribution in [0.1, 0.15) is 19.8 Å². The molecule has 0 aliphatic heterocycles. The number of aliphatic hydroxyl groups is 2. The Balaban J connectivity index is 2.44. The number of rotatable bonds is 1. The van der Waals surface area contributed by atoms with Crippen molar-refractivity contribution < 1.29 is 10.2 Å². The Morgan fingerprint density at radius 3 is 2.33 bits per heavy atom. The maximum absolute atomic E-state index is 9.20. The highest BCUT2D eigenvalue weighted by Crippen LogP contribution is 2.30. The summed E-state index contributed by atoms with van der Waals surface area (Å²) in [5, 5.41) is 17.9. The van der Waals surface area contributed by atoms with E-state index < -0.39 is 0 Å². The van der Waals surface area contributed by atoms with Gasteiger partial charge in [0.25, 0.3) is 0 Å². The van der Waals surface area contributed by atoms with Crippen LogP contribution in [0.25, 0.3) is 0 Å². The molecule has 1 aliphatic carbocycles. The quantitative estimate of drug-likeness (QED) is 0.539. The fourth-order valence-corrected chi connectivity index (χ4v) is 1.54. The van der Waals surface area contributed by atoms with E-state index in [-0.39, 0.29) is 18.6 Å². The third-order valence-electron chi connectivity index (χ3n) is 2.35. The van der Waals surface area contributed by atoms with Crippen LogP contribution in [-0.2, 0) is 0 Å². The highest BCUT2D eigenvalue weighted by molar-refractivity contribution is 4.81. The fraction of sp³-hybridized carbons (Fsp3) is 1.00. The zero-order valence-electron chi connectivity index (χ0n) is 5.75. The molecule has 0 aromatic heterocycles. The Kier molecular flexibility index (Phi) is 2.09. The summed E-state index contributed by atoms with van der Waals surface area (Å²) in [5.41, 5.74) is 0. The molecule has 0 saturated heterocycles. The summed E-state index contributed by atoms with van der Waals surface area (Å²) in [6, 6.07) is 0. The van der Waals surface area contributed by atoms with Crippen molar-refractivity contribution in [2.45, 2.75) is 25.9 Å². The van der Waals surface area contributed by atoms with Gasteiger partial charge in [0, 0.05) is 12.5 Å². The van der Waals surface area contributed by atoms with Gasteiger partial charge in [0.1, 0.15) is 0 Å². The van der Waals surface area contributed by atoms with E-state index in [1.54, 1.807) is 0 Å². The standard InChI is InChI=1S/C7H14O2/c1-5-2-3-7(9)6(5)4-8/h5-9H,2-4H2,1H3/t5-,6+,7?/m0/s1. The fourth-order valence-electron chi connectivity index (χ4n) is 1.54. The maximum Gasteiger partial charge on any atom is 0.0593 e. The summed E-state index contributed by atoms with van der Waals surface area (Å²) >= 11 is 0. The van der Waals surface area contributed by atoms with Crippen LogP contribution in [0, 0.1) is 11.8 Å². The lowest BCUT2D eigenvalue weighted by Crippen LogP contribution is -2.21. The van der Waals surface area contributed by atoms with Crippen LogP contribution in [0.15, 0.2) is 0 Å². The largest absolute Gasteiger partial charge is 0.396 e. The molecule has 1 fully saturated rings. The van der Waals surface area contributed by atoms with Gasteiger partial charge >= 0.3 is 0 Å². The molecule has 1 aliphatic rings. The van der Waals surface area contributed by atoms with E-state index in [4.69, 9.17) is 5.11 Å². The van der Waals surface area contributed by atoms with E-state index in [1.807, 2.05) is 0 Å². The molecular formula is C7H14O2. The SMILES string of the molecule is C[C@H]1CCC(O)[C@@H]1CO. The first-order valence-electron chi connectivity index (χ1n) is 3.54. The summed E-state index contributed by atoms with van der Waals surface area (Å²) < 4.78 is 0. The van der Waals surface area contributed by atoms with Crippen LogP contribution in [0.4, 0.5) is 0 Å². The molecule has 2 N–H and O–H groups in total. The van der Waals surface area contributed by atoms with Gasteiger partial charge in [0.05, 0.1) is 6.10 Å². The van der Waals surface area contributed by atoms with Crippen molar-refractivity contribution in [2.24, 2.45) is 11.8 Å². The van der Waals surface area contributed by atoms with E-state index in [1.165, 1.54) is 0 Å². The molecule has 1 unspecified atom stereocenters. The van der Waals surface area contributed by atoms with Gasteiger partial charge in [-0.15, -0.1) is 0 Å². The third-order valence-corrected chi connectivity index (χ3v) is 2.35. The Labute approximate surface area is 55.5 Å². The number of aliphatic hydroxyl groups excluding tert-OH is 2. The van der Waals surface area contributed by atoms with Crippen LogP contribution in [0.2, 0.25) is 0 Å². The molecule has 9 heavy (non-hydrogen) atoms. The molecule has 0 amide bonds. The molecule has 2 nitrogen and oxygen atoms in total. The molecule has 0 heterocycles. The topological polar surface area (TPSA) is 40.5 Å².